The van der Waals surface area contributed by atoms with E-state index in [9.17, 15) is 18.0 Å². The number of rotatable bonds is 10. The van der Waals surface area contributed by atoms with Gasteiger partial charge in [-0.1, -0.05) is 72.6 Å². The second kappa shape index (κ2) is 11.8. The highest BCUT2D eigenvalue weighted by Crippen LogP contribution is 2.32. The zero-order valence-electron chi connectivity index (χ0n) is 20.9. The summed E-state index contributed by atoms with van der Waals surface area (Å²) in [7, 11) is -4.00. The molecule has 0 fully saturated rings. The summed E-state index contributed by atoms with van der Waals surface area (Å²) < 4.78 is 39.3. The summed E-state index contributed by atoms with van der Waals surface area (Å²) in [6.45, 7) is 4.10. The molecule has 38 heavy (non-hydrogen) atoms. The summed E-state index contributed by atoms with van der Waals surface area (Å²) in [5, 5.41) is 3.42. The first-order valence-corrected chi connectivity index (χ1v) is 13.9. The van der Waals surface area contributed by atoms with E-state index in [1.54, 1.807) is 24.3 Å². The van der Waals surface area contributed by atoms with Gasteiger partial charge in [-0.05, 0) is 49.6 Å². The normalized spacial score (nSPS) is 12.3. The first-order valence-electron chi connectivity index (χ1n) is 12.0. The van der Waals surface area contributed by atoms with Crippen molar-refractivity contribution in [3.8, 4) is 5.95 Å². The number of sulfonamides is 1. The summed E-state index contributed by atoms with van der Waals surface area (Å²) in [5.74, 6) is -0.654. The second-order valence-electron chi connectivity index (χ2n) is 8.77. The average molecular weight is 555 g/mol. The van der Waals surface area contributed by atoms with Crippen molar-refractivity contribution in [2.24, 2.45) is 0 Å². The van der Waals surface area contributed by atoms with E-state index < -0.39 is 27.6 Å². The van der Waals surface area contributed by atoms with Crippen LogP contribution in [0.25, 0.3) is 10.8 Å². The number of halogens is 1. The fourth-order valence-corrected chi connectivity index (χ4v) is 5.26. The van der Waals surface area contributed by atoms with Crippen LogP contribution in [0.2, 0.25) is 5.02 Å². The molecule has 1 atom stereocenters. The van der Waals surface area contributed by atoms with Crippen molar-refractivity contribution in [3.05, 3.63) is 99.4 Å². The van der Waals surface area contributed by atoms with Crippen LogP contribution >= 0.6 is 11.6 Å². The molecule has 8 nitrogen and oxygen atoms in total. The third-order valence-corrected chi connectivity index (χ3v) is 7.62. The Balaban J connectivity index is 1.62. The van der Waals surface area contributed by atoms with Crippen molar-refractivity contribution < 1.29 is 22.4 Å². The van der Waals surface area contributed by atoms with Crippen LogP contribution < -0.4 is 20.4 Å². The van der Waals surface area contributed by atoms with Gasteiger partial charge >= 0.3 is 11.6 Å². The fourth-order valence-electron chi connectivity index (χ4n) is 3.80. The van der Waals surface area contributed by atoms with Gasteiger partial charge in [0.1, 0.15) is 11.1 Å². The third kappa shape index (κ3) is 6.42. The van der Waals surface area contributed by atoms with Crippen molar-refractivity contribution in [1.29, 1.82) is 0 Å². The van der Waals surface area contributed by atoms with Crippen molar-refractivity contribution in [3.63, 3.8) is 0 Å². The number of aryl methyl sites for hydroxylation is 1. The lowest BCUT2D eigenvalue weighted by atomic mass is 10.1. The Kier molecular flexibility index (Phi) is 8.51. The Morgan fingerprint density at radius 2 is 1.74 bits per heavy atom. The molecule has 4 aromatic rings. The predicted molar refractivity (Wildman–Crippen MR) is 147 cm³/mol. The van der Waals surface area contributed by atoms with Gasteiger partial charge in [0.15, 0.2) is 0 Å². The monoisotopic (exact) mass is 554 g/mol. The van der Waals surface area contributed by atoms with E-state index in [0.717, 1.165) is 11.1 Å². The van der Waals surface area contributed by atoms with Gasteiger partial charge in [0.25, 0.3) is 0 Å². The van der Waals surface area contributed by atoms with Gasteiger partial charge in [0.05, 0.1) is 16.9 Å². The highest BCUT2D eigenvalue weighted by molar-refractivity contribution is 7.89. The quantitative estimate of drug-likeness (QED) is 0.283. The van der Waals surface area contributed by atoms with E-state index >= 15 is 0 Å². The molecule has 0 aliphatic rings. The Bertz CT molecular complexity index is 1600. The van der Waals surface area contributed by atoms with E-state index in [1.807, 2.05) is 44.2 Å². The van der Waals surface area contributed by atoms with Crippen LogP contribution in [0.1, 0.15) is 24.5 Å². The van der Waals surface area contributed by atoms with Crippen LogP contribution in [-0.2, 0) is 21.2 Å². The van der Waals surface area contributed by atoms with E-state index in [4.69, 9.17) is 20.8 Å². The molecule has 0 saturated heterocycles. The Labute approximate surface area is 225 Å². The number of hydrogen-bond donors (Lipinski definition) is 2. The molecule has 3 aromatic carbocycles. The van der Waals surface area contributed by atoms with E-state index in [2.05, 4.69) is 10.0 Å². The maximum atomic E-state index is 13.4. The van der Waals surface area contributed by atoms with Gasteiger partial charge in [-0.25, -0.2) is 13.2 Å². The number of nitrogens with one attached hydrogen (secondary N) is 2. The molecular weight excluding hydrogens is 528 g/mol. The molecule has 2 N–H and O–H groups in total. The van der Waals surface area contributed by atoms with Crippen LogP contribution in [-0.4, -0.2) is 27.0 Å². The van der Waals surface area contributed by atoms with Gasteiger partial charge in [0, 0.05) is 11.1 Å². The Hall–Kier alpha value is -3.66. The number of ether oxygens (including phenoxy) is 1. The highest BCUT2D eigenvalue weighted by Gasteiger charge is 2.26. The summed E-state index contributed by atoms with van der Waals surface area (Å²) in [6.07, 6.45) is 0.818. The zero-order valence-corrected chi connectivity index (χ0v) is 22.4. The number of fused-ring (bicyclic) bond motifs is 1. The Morgan fingerprint density at radius 3 is 2.42 bits per heavy atom. The van der Waals surface area contributed by atoms with Crippen molar-refractivity contribution in [2.75, 3.05) is 11.9 Å². The smallest absolute Gasteiger partial charge is 0.346 e. The predicted octanol–water partition coefficient (Wildman–Crippen LogP) is 5.07. The summed E-state index contributed by atoms with van der Waals surface area (Å²) in [4.78, 5) is 26.0. The molecule has 10 heteroatoms. The Morgan fingerprint density at radius 1 is 1.03 bits per heavy atom. The second-order valence-corrected chi connectivity index (χ2v) is 10.9. The summed E-state index contributed by atoms with van der Waals surface area (Å²) in [5.41, 5.74) is 1.28. The van der Waals surface area contributed by atoms with E-state index in [0.29, 0.717) is 18.4 Å². The third-order valence-electron chi connectivity index (χ3n) is 5.77. The molecular formula is C28H27ClN2O6S. The molecule has 1 heterocycles. The molecule has 198 valence electrons. The van der Waals surface area contributed by atoms with Crippen LogP contribution in [0.4, 0.5) is 5.69 Å². The molecule has 0 radical (unpaired) electrons. The van der Waals surface area contributed by atoms with Gasteiger partial charge in [0.2, 0.25) is 15.9 Å². The molecule has 1 unspecified atom stereocenters. The molecule has 4 rings (SSSR count). The van der Waals surface area contributed by atoms with E-state index in [1.165, 1.54) is 18.2 Å². The molecule has 0 spiro atoms. The van der Waals surface area contributed by atoms with Crippen molar-refractivity contribution in [1.82, 2.24) is 4.72 Å². The molecule has 1 aromatic heterocycles. The molecule has 0 aliphatic heterocycles. The van der Waals surface area contributed by atoms with Gasteiger partial charge < -0.3 is 14.5 Å². The number of hydrogen-bond acceptors (Lipinski definition) is 6. The van der Waals surface area contributed by atoms with Crippen LogP contribution in [0.15, 0.2) is 86.9 Å². The first-order chi connectivity index (χ1) is 18.2. The lowest BCUT2D eigenvalue weighted by molar-refractivity contribution is -0.117. The number of benzene rings is 3. The lowest BCUT2D eigenvalue weighted by Crippen LogP contribution is -2.45. The highest BCUT2D eigenvalue weighted by atomic mass is 35.5. The SMILES string of the molecule is CCCOc1oc(=O)c2cc(NC(=O)C(Cc3ccccc3)NS(=O)(=O)c3ccc(C)cc3)ccc2c1Cl. The molecule has 0 aliphatic carbocycles. The average Bonchev–Trinajstić information content (AvgIpc) is 2.90. The topological polar surface area (TPSA) is 115 Å². The molecule has 0 saturated carbocycles. The molecule has 0 bridgehead atoms. The van der Waals surface area contributed by atoms with Crippen LogP contribution in [0, 0.1) is 6.92 Å². The van der Waals surface area contributed by atoms with Crippen molar-refractivity contribution >= 4 is 44.0 Å². The maximum Gasteiger partial charge on any atom is 0.346 e. The minimum absolute atomic E-state index is 0.0491. The number of amides is 1. The number of carbonyl (C=O) groups excluding carboxylic acids is 1. The number of carbonyl (C=O) groups is 1. The largest absolute Gasteiger partial charge is 0.464 e. The first kappa shape index (κ1) is 27.4. The summed E-state index contributed by atoms with van der Waals surface area (Å²) >= 11 is 6.37. The standard InChI is InChI=1S/C28H27ClN2O6S/c1-3-15-36-28-25(29)22-14-11-20(17-23(22)27(33)37-28)30-26(32)24(16-19-7-5-4-6-8-19)31-38(34,35)21-12-9-18(2)10-13-21/h4-14,17,24,31H,3,15-16H2,1-2H3,(H,30,32). The van der Waals surface area contributed by atoms with Crippen LogP contribution in [0.3, 0.4) is 0 Å². The van der Waals surface area contributed by atoms with Gasteiger partial charge in [-0.15, -0.1) is 0 Å². The summed E-state index contributed by atoms with van der Waals surface area (Å²) in [6, 6.07) is 18.9. The molecule has 1 amide bonds. The van der Waals surface area contributed by atoms with Crippen molar-refractivity contribution in [2.45, 2.75) is 37.6 Å². The maximum absolute atomic E-state index is 13.4. The minimum atomic E-state index is -4.00. The van der Waals surface area contributed by atoms with Crippen LogP contribution in [0.5, 0.6) is 5.95 Å². The van der Waals surface area contributed by atoms with Gasteiger partial charge in [-0.3, -0.25) is 4.79 Å². The zero-order chi connectivity index (χ0) is 27.3. The minimum Gasteiger partial charge on any atom is -0.464 e. The lowest BCUT2D eigenvalue weighted by Gasteiger charge is -2.19. The number of anilines is 1. The fraction of sp³-hybridized carbons (Fsp3) is 0.214. The van der Waals surface area contributed by atoms with E-state index in [-0.39, 0.29) is 33.4 Å². The van der Waals surface area contributed by atoms with Gasteiger partial charge in [-0.2, -0.15) is 4.72 Å².